The van der Waals surface area contributed by atoms with Gasteiger partial charge in [-0.1, -0.05) is 13.0 Å². The molecular formula is C17H15N3O3. The fraction of sp³-hybridized carbons (Fsp3) is 0.176. The van der Waals surface area contributed by atoms with Crippen LogP contribution in [0.1, 0.15) is 18.2 Å². The van der Waals surface area contributed by atoms with Gasteiger partial charge in [0.1, 0.15) is 18.6 Å². The summed E-state index contributed by atoms with van der Waals surface area (Å²) in [5.74, 6) is 0.653. The maximum Gasteiger partial charge on any atom is 0.288 e. The van der Waals surface area contributed by atoms with E-state index in [0.29, 0.717) is 23.3 Å². The normalized spacial score (nSPS) is 10.7. The van der Waals surface area contributed by atoms with Crippen molar-refractivity contribution in [3.8, 4) is 5.75 Å². The van der Waals surface area contributed by atoms with Crippen LogP contribution in [0.2, 0.25) is 0 Å². The first kappa shape index (κ1) is 14.9. The summed E-state index contributed by atoms with van der Waals surface area (Å²) in [6.45, 7) is 2.45. The zero-order valence-electron chi connectivity index (χ0n) is 12.6. The third kappa shape index (κ3) is 3.42. The van der Waals surface area contributed by atoms with E-state index in [1.165, 1.54) is 17.8 Å². The van der Waals surface area contributed by atoms with Gasteiger partial charge in [-0.2, -0.15) is 0 Å². The Hall–Kier alpha value is -3.02. The number of pyridine rings is 2. The highest BCUT2D eigenvalue weighted by molar-refractivity contribution is 5.81. The van der Waals surface area contributed by atoms with Gasteiger partial charge in [0.2, 0.25) is 0 Å². The second-order valence-corrected chi connectivity index (χ2v) is 5.11. The molecule has 2 heterocycles. The lowest BCUT2D eigenvalue weighted by atomic mass is 10.2. The maximum absolute atomic E-state index is 10.8. The third-order valence-electron chi connectivity index (χ3n) is 3.53. The van der Waals surface area contributed by atoms with Crippen LogP contribution in [0.15, 0.2) is 48.8 Å². The number of rotatable bonds is 5. The van der Waals surface area contributed by atoms with Crippen molar-refractivity contribution < 1.29 is 9.66 Å². The van der Waals surface area contributed by atoms with Crippen molar-refractivity contribution >= 4 is 16.6 Å². The van der Waals surface area contributed by atoms with Crippen LogP contribution in [0.5, 0.6) is 5.75 Å². The molecule has 0 aliphatic rings. The lowest BCUT2D eigenvalue weighted by Gasteiger charge is -2.07. The predicted octanol–water partition coefficient (Wildman–Crippen LogP) is 3.68. The molecule has 0 N–H and O–H groups in total. The van der Waals surface area contributed by atoms with Gasteiger partial charge in [0.25, 0.3) is 5.69 Å². The van der Waals surface area contributed by atoms with Crippen LogP contribution in [0.25, 0.3) is 10.9 Å². The molecule has 0 aliphatic carbocycles. The van der Waals surface area contributed by atoms with Gasteiger partial charge in [-0.05, 0) is 30.2 Å². The van der Waals surface area contributed by atoms with E-state index in [2.05, 4.69) is 16.9 Å². The Kier molecular flexibility index (Phi) is 4.14. The molecule has 0 amide bonds. The molecule has 0 unspecified atom stereocenters. The van der Waals surface area contributed by atoms with E-state index < -0.39 is 4.92 Å². The van der Waals surface area contributed by atoms with Gasteiger partial charge in [-0.15, -0.1) is 0 Å². The van der Waals surface area contributed by atoms with E-state index in [1.54, 1.807) is 18.2 Å². The van der Waals surface area contributed by atoms with Crippen molar-refractivity contribution in [1.82, 2.24) is 9.97 Å². The minimum Gasteiger partial charge on any atom is -0.487 e. The van der Waals surface area contributed by atoms with Crippen LogP contribution in [0, 0.1) is 10.1 Å². The molecule has 3 aromatic rings. The average Bonchev–Trinajstić information content (AvgIpc) is 2.59. The predicted molar refractivity (Wildman–Crippen MR) is 86.3 cm³/mol. The number of fused-ring (bicyclic) bond motifs is 1. The van der Waals surface area contributed by atoms with E-state index in [9.17, 15) is 10.1 Å². The summed E-state index contributed by atoms with van der Waals surface area (Å²) in [6, 6.07) is 10.8. The molecule has 0 fully saturated rings. The Morgan fingerprint density at radius 2 is 2.00 bits per heavy atom. The first-order chi connectivity index (χ1) is 11.2. The van der Waals surface area contributed by atoms with Crippen LogP contribution in [-0.4, -0.2) is 14.9 Å². The first-order valence-corrected chi connectivity index (χ1v) is 7.26. The van der Waals surface area contributed by atoms with Gasteiger partial charge in [-0.3, -0.25) is 15.1 Å². The number of benzene rings is 1. The highest BCUT2D eigenvalue weighted by Gasteiger charge is 2.08. The van der Waals surface area contributed by atoms with Crippen molar-refractivity contribution in [2.75, 3.05) is 0 Å². The summed E-state index contributed by atoms with van der Waals surface area (Å²) in [4.78, 5) is 18.7. The van der Waals surface area contributed by atoms with Gasteiger partial charge in [0.05, 0.1) is 16.1 Å². The average molecular weight is 309 g/mol. The molecule has 0 atom stereocenters. The third-order valence-corrected chi connectivity index (χ3v) is 3.53. The SMILES string of the molecule is CCc1ccc(COc2ccc3cc([N+](=O)[O-])cnc3c2)nc1. The van der Waals surface area contributed by atoms with Crippen LogP contribution in [0.3, 0.4) is 0 Å². The zero-order valence-corrected chi connectivity index (χ0v) is 12.6. The molecule has 0 radical (unpaired) electrons. The quantitative estimate of drug-likeness (QED) is 0.530. The van der Waals surface area contributed by atoms with Gasteiger partial charge < -0.3 is 4.74 Å². The number of nitro groups is 1. The van der Waals surface area contributed by atoms with Gasteiger partial charge in [0.15, 0.2) is 0 Å². The molecule has 0 bridgehead atoms. The van der Waals surface area contributed by atoms with Gasteiger partial charge in [0, 0.05) is 23.7 Å². The number of ether oxygens (including phenoxy) is 1. The number of hydrogen-bond acceptors (Lipinski definition) is 5. The molecule has 6 nitrogen and oxygen atoms in total. The monoisotopic (exact) mass is 309 g/mol. The van der Waals surface area contributed by atoms with Gasteiger partial charge in [-0.25, -0.2) is 4.98 Å². The van der Waals surface area contributed by atoms with Crippen molar-refractivity contribution in [3.63, 3.8) is 0 Å². The largest absolute Gasteiger partial charge is 0.487 e. The Bertz CT molecular complexity index is 847. The lowest BCUT2D eigenvalue weighted by molar-refractivity contribution is -0.385. The lowest BCUT2D eigenvalue weighted by Crippen LogP contribution is -1.99. The molecule has 0 saturated carbocycles. The Labute approximate surface area is 132 Å². The first-order valence-electron chi connectivity index (χ1n) is 7.26. The zero-order chi connectivity index (χ0) is 16.2. The van der Waals surface area contributed by atoms with Crippen LogP contribution < -0.4 is 4.74 Å². The molecule has 3 rings (SSSR count). The number of aryl methyl sites for hydroxylation is 1. The topological polar surface area (TPSA) is 78.2 Å². The van der Waals surface area contributed by atoms with E-state index in [4.69, 9.17) is 4.74 Å². The molecule has 1 aromatic carbocycles. The van der Waals surface area contributed by atoms with E-state index in [1.807, 2.05) is 18.3 Å². The maximum atomic E-state index is 10.8. The molecule has 0 spiro atoms. The minimum atomic E-state index is -0.456. The molecule has 0 aliphatic heterocycles. The Morgan fingerprint density at radius 3 is 2.70 bits per heavy atom. The summed E-state index contributed by atoms with van der Waals surface area (Å²) < 4.78 is 5.71. The Morgan fingerprint density at radius 1 is 1.13 bits per heavy atom. The Balaban J connectivity index is 1.75. The standard InChI is InChI=1S/C17H15N3O3/c1-2-12-3-5-14(18-9-12)11-23-16-6-4-13-7-15(20(21)22)10-19-17(13)8-16/h3-10H,2,11H2,1H3. The van der Waals surface area contributed by atoms with Crippen molar-refractivity contribution in [3.05, 3.63) is 70.2 Å². The smallest absolute Gasteiger partial charge is 0.288 e. The molecule has 6 heteroatoms. The van der Waals surface area contributed by atoms with Crippen molar-refractivity contribution in [2.45, 2.75) is 20.0 Å². The number of aromatic nitrogens is 2. The number of hydrogen-bond donors (Lipinski definition) is 0. The minimum absolute atomic E-state index is 0.0219. The molecule has 23 heavy (non-hydrogen) atoms. The highest BCUT2D eigenvalue weighted by Crippen LogP contribution is 2.23. The van der Waals surface area contributed by atoms with E-state index >= 15 is 0 Å². The fourth-order valence-electron chi connectivity index (χ4n) is 2.19. The van der Waals surface area contributed by atoms with Gasteiger partial charge >= 0.3 is 0 Å². The van der Waals surface area contributed by atoms with E-state index in [-0.39, 0.29) is 5.69 Å². The summed E-state index contributed by atoms with van der Waals surface area (Å²) in [7, 11) is 0. The van der Waals surface area contributed by atoms with Crippen LogP contribution in [0.4, 0.5) is 5.69 Å². The van der Waals surface area contributed by atoms with Crippen molar-refractivity contribution in [2.24, 2.45) is 0 Å². The van der Waals surface area contributed by atoms with Crippen LogP contribution >= 0.6 is 0 Å². The summed E-state index contributed by atoms with van der Waals surface area (Å²) in [5, 5.41) is 11.5. The summed E-state index contributed by atoms with van der Waals surface area (Å²) in [5.41, 5.74) is 2.66. The number of nitrogens with zero attached hydrogens (tertiary/aromatic N) is 3. The van der Waals surface area contributed by atoms with Crippen molar-refractivity contribution in [1.29, 1.82) is 0 Å². The molecule has 2 aromatic heterocycles. The highest BCUT2D eigenvalue weighted by atomic mass is 16.6. The molecular weight excluding hydrogens is 294 g/mol. The second-order valence-electron chi connectivity index (χ2n) is 5.11. The summed E-state index contributed by atoms with van der Waals surface area (Å²) in [6.07, 6.45) is 4.05. The fourth-order valence-corrected chi connectivity index (χ4v) is 2.19. The van der Waals surface area contributed by atoms with Crippen LogP contribution in [-0.2, 0) is 13.0 Å². The summed E-state index contributed by atoms with van der Waals surface area (Å²) >= 11 is 0. The van der Waals surface area contributed by atoms with E-state index in [0.717, 1.165) is 12.1 Å². The second kappa shape index (κ2) is 6.39. The molecule has 116 valence electrons. The molecule has 0 saturated heterocycles.